The van der Waals surface area contributed by atoms with Gasteiger partial charge in [-0.2, -0.15) is 0 Å². The molecule has 7 nitrogen and oxygen atoms in total. The van der Waals surface area contributed by atoms with Crippen LogP contribution in [0.3, 0.4) is 0 Å². The van der Waals surface area contributed by atoms with Crippen LogP contribution in [0.2, 0.25) is 0 Å². The minimum Gasteiger partial charge on any atom is -0.508 e. The first-order chi connectivity index (χ1) is 10.5. The zero-order valence-electron chi connectivity index (χ0n) is 12.5. The summed E-state index contributed by atoms with van der Waals surface area (Å²) in [4.78, 5) is 23.7. The van der Waals surface area contributed by atoms with Crippen LogP contribution in [-0.2, 0) is 4.79 Å². The van der Waals surface area contributed by atoms with Gasteiger partial charge in [-0.05, 0) is 57.1 Å². The molecule has 0 saturated carbocycles. The highest BCUT2D eigenvalue weighted by Gasteiger charge is 2.22. The summed E-state index contributed by atoms with van der Waals surface area (Å²) < 4.78 is 5.46. The van der Waals surface area contributed by atoms with Gasteiger partial charge in [-0.25, -0.2) is 4.79 Å². The Labute approximate surface area is 129 Å². The molecule has 2 rings (SSSR count). The van der Waals surface area contributed by atoms with Crippen LogP contribution >= 0.6 is 0 Å². The Balaban J connectivity index is 1.75. The number of ether oxygens (including phenoxy) is 1. The monoisotopic (exact) mass is 307 g/mol. The van der Waals surface area contributed by atoms with Crippen molar-refractivity contribution >= 4 is 11.9 Å². The summed E-state index contributed by atoms with van der Waals surface area (Å²) in [7, 11) is 0. The first-order valence-corrected chi connectivity index (χ1v) is 7.32. The highest BCUT2D eigenvalue weighted by Crippen LogP contribution is 2.16. The zero-order valence-corrected chi connectivity index (χ0v) is 12.5. The number of phenols is 1. The lowest BCUT2D eigenvalue weighted by Gasteiger charge is -2.22. The number of phenolic OH excluding ortho intramolecular Hbond substituents is 1. The van der Waals surface area contributed by atoms with Crippen LogP contribution in [0.1, 0.15) is 19.8 Å². The van der Waals surface area contributed by atoms with Gasteiger partial charge in [0.25, 0.3) is 0 Å². The van der Waals surface area contributed by atoms with E-state index in [1.807, 2.05) is 0 Å². The van der Waals surface area contributed by atoms with Crippen LogP contribution < -0.4 is 20.7 Å². The quantitative estimate of drug-likeness (QED) is 0.621. The average molecular weight is 307 g/mol. The van der Waals surface area contributed by atoms with Crippen molar-refractivity contribution in [2.75, 3.05) is 13.1 Å². The van der Waals surface area contributed by atoms with Crippen molar-refractivity contribution in [3.8, 4) is 11.5 Å². The number of hydrogen-bond donors (Lipinski definition) is 4. The van der Waals surface area contributed by atoms with Crippen LogP contribution in [0, 0.1) is 5.92 Å². The lowest BCUT2D eigenvalue weighted by atomic mass is 9.97. The van der Waals surface area contributed by atoms with Gasteiger partial charge in [-0.3, -0.25) is 10.1 Å². The third-order valence-corrected chi connectivity index (χ3v) is 3.43. The van der Waals surface area contributed by atoms with E-state index >= 15 is 0 Å². The molecule has 0 bridgehead atoms. The van der Waals surface area contributed by atoms with Crippen molar-refractivity contribution < 1.29 is 19.4 Å². The van der Waals surface area contributed by atoms with E-state index < -0.39 is 12.3 Å². The van der Waals surface area contributed by atoms with Crippen molar-refractivity contribution in [3.05, 3.63) is 24.3 Å². The van der Waals surface area contributed by atoms with Crippen molar-refractivity contribution in [1.82, 2.24) is 16.0 Å². The van der Waals surface area contributed by atoms with E-state index in [1.54, 1.807) is 19.1 Å². The van der Waals surface area contributed by atoms with Gasteiger partial charge in [-0.15, -0.1) is 0 Å². The summed E-state index contributed by atoms with van der Waals surface area (Å²) in [5.74, 6) is 0.268. The number of imide groups is 1. The van der Waals surface area contributed by atoms with Crippen LogP contribution in [0.5, 0.6) is 11.5 Å². The van der Waals surface area contributed by atoms with E-state index in [-0.39, 0.29) is 17.6 Å². The standard InChI is InChI=1S/C15H21N3O4/c1-10(22-13-4-2-12(19)3-5-13)17-15(21)18-14(20)11-6-8-16-9-7-11/h2-5,10-11,16,19H,6-9H2,1H3,(H2,17,18,20,21). The number of rotatable bonds is 4. The van der Waals surface area contributed by atoms with Crippen molar-refractivity contribution in [3.63, 3.8) is 0 Å². The molecular formula is C15H21N3O4. The third kappa shape index (κ3) is 4.92. The molecule has 120 valence electrons. The molecule has 1 heterocycles. The smallest absolute Gasteiger partial charge is 0.324 e. The summed E-state index contributed by atoms with van der Waals surface area (Å²) in [6.45, 7) is 3.24. The molecule has 0 spiro atoms. The lowest BCUT2D eigenvalue weighted by Crippen LogP contribution is -2.48. The molecule has 1 aromatic carbocycles. The molecule has 0 aromatic heterocycles. The molecule has 22 heavy (non-hydrogen) atoms. The highest BCUT2D eigenvalue weighted by molar-refractivity contribution is 5.95. The molecule has 1 fully saturated rings. The number of nitrogens with one attached hydrogen (secondary N) is 3. The predicted octanol–water partition coefficient (Wildman–Crippen LogP) is 0.942. The fourth-order valence-electron chi connectivity index (χ4n) is 2.28. The minimum absolute atomic E-state index is 0.125. The molecule has 0 aliphatic carbocycles. The Hall–Kier alpha value is -2.28. The summed E-state index contributed by atoms with van der Waals surface area (Å²) in [6, 6.07) is 5.58. The van der Waals surface area contributed by atoms with Gasteiger partial charge in [0.1, 0.15) is 11.5 Å². The predicted molar refractivity (Wildman–Crippen MR) is 80.5 cm³/mol. The summed E-state index contributed by atoms with van der Waals surface area (Å²) in [5.41, 5.74) is 0. The first-order valence-electron chi connectivity index (χ1n) is 7.32. The van der Waals surface area contributed by atoms with Gasteiger partial charge in [0, 0.05) is 5.92 Å². The van der Waals surface area contributed by atoms with Crippen molar-refractivity contribution in [2.45, 2.75) is 26.0 Å². The van der Waals surface area contributed by atoms with Crippen molar-refractivity contribution in [2.24, 2.45) is 5.92 Å². The van der Waals surface area contributed by atoms with Gasteiger partial charge >= 0.3 is 6.03 Å². The number of aromatic hydroxyl groups is 1. The molecule has 1 saturated heterocycles. The molecule has 1 unspecified atom stereocenters. The maximum Gasteiger partial charge on any atom is 0.324 e. The molecule has 3 amide bonds. The van der Waals surface area contributed by atoms with Crippen LogP contribution in [-0.4, -0.2) is 36.4 Å². The van der Waals surface area contributed by atoms with Gasteiger partial charge in [0.2, 0.25) is 5.91 Å². The number of amides is 3. The maximum absolute atomic E-state index is 11.9. The number of urea groups is 1. The highest BCUT2D eigenvalue weighted by atomic mass is 16.5. The fraction of sp³-hybridized carbons (Fsp3) is 0.467. The Bertz CT molecular complexity index is 512. The largest absolute Gasteiger partial charge is 0.508 e. The van der Waals surface area contributed by atoms with E-state index in [9.17, 15) is 14.7 Å². The van der Waals surface area contributed by atoms with Gasteiger partial charge in [0.15, 0.2) is 6.23 Å². The number of benzene rings is 1. The molecule has 1 aromatic rings. The van der Waals surface area contributed by atoms with Crippen molar-refractivity contribution in [1.29, 1.82) is 0 Å². The molecule has 4 N–H and O–H groups in total. The maximum atomic E-state index is 11.9. The van der Waals surface area contributed by atoms with E-state index in [1.165, 1.54) is 12.1 Å². The van der Waals surface area contributed by atoms with Gasteiger partial charge in [-0.1, -0.05) is 0 Å². The number of carbonyl (C=O) groups excluding carboxylic acids is 2. The second-order valence-corrected chi connectivity index (χ2v) is 5.24. The lowest BCUT2D eigenvalue weighted by molar-refractivity contribution is -0.124. The van der Waals surface area contributed by atoms with Gasteiger partial charge in [0.05, 0.1) is 0 Å². The molecule has 7 heteroatoms. The molecule has 1 aliphatic rings. The Morgan fingerprint density at radius 2 is 1.91 bits per heavy atom. The topological polar surface area (TPSA) is 99.7 Å². The van der Waals surface area contributed by atoms with Crippen LogP contribution in [0.4, 0.5) is 4.79 Å². The van der Waals surface area contributed by atoms with Gasteiger partial charge < -0.3 is 20.5 Å². The number of carbonyl (C=O) groups is 2. The summed E-state index contributed by atoms with van der Waals surface area (Å²) >= 11 is 0. The minimum atomic E-state index is -0.606. The van der Waals surface area contributed by atoms with E-state index in [4.69, 9.17) is 4.74 Å². The van der Waals surface area contributed by atoms with E-state index in [0.29, 0.717) is 5.75 Å². The first kappa shape index (κ1) is 16.1. The molecule has 1 atom stereocenters. The van der Waals surface area contributed by atoms with E-state index in [2.05, 4.69) is 16.0 Å². The average Bonchev–Trinajstić information content (AvgIpc) is 2.50. The Morgan fingerprint density at radius 3 is 2.55 bits per heavy atom. The fourth-order valence-corrected chi connectivity index (χ4v) is 2.28. The Kier molecular flexibility index (Phi) is 5.60. The molecule has 0 radical (unpaired) electrons. The molecule has 1 aliphatic heterocycles. The molecular weight excluding hydrogens is 286 g/mol. The second-order valence-electron chi connectivity index (χ2n) is 5.24. The van der Waals surface area contributed by atoms with Crippen LogP contribution in [0.15, 0.2) is 24.3 Å². The zero-order chi connectivity index (χ0) is 15.9. The van der Waals surface area contributed by atoms with Crippen LogP contribution in [0.25, 0.3) is 0 Å². The number of hydrogen-bond acceptors (Lipinski definition) is 5. The Morgan fingerprint density at radius 1 is 1.27 bits per heavy atom. The third-order valence-electron chi connectivity index (χ3n) is 3.43. The summed E-state index contributed by atoms with van der Waals surface area (Å²) in [6.07, 6.45) is 0.863. The normalized spacial score (nSPS) is 16.6. The SMILES string of the molecule is CC(NC(=O)NC(=O)C1CCNCC1)Oc1ccc(O)cc1. The summed E-state index contributed by atoms with van der Waals surface area (Å²) in [5, 5.41) is 17.2. The second kappa shape index (κ2) is 7.65. The number of piperidine rings is 1. The van der Waals surface area contributed by atoms with E-state index in [0.717, 1.165) is 25.9 Å².